The molecule has 0 radical (unpaired) electrons. The number of alkyl halides is 3. The average Bonchev–Trinajstić information content (AvgIpc) is 3.19. The molecule has 3 rings (SSSR count). The number of aromatic nitrogens is 3. The summed E-state index contributed by atoms with van der Waals surface area (Å²) >= 11 is 1.35. The van der Waals surface area contributed by atoms with Gasteiger partial charge in [-0.25, -0.2) is 0 Å². The van der Waals surface area contributed by atoms with Crippen LogP contribution in [0.3, 0.4) is 0 Å². The molecule has 0 saturated heterocycles. The van der Waals surface area contributed by atoms with Gasteiger partial charge < -0.3 is 15.2 Å². The van der Waals surface area contributed by atoms with Crippen LogP contribution >= 0.6 is 11.8 Å². The molecular weight excluding hydrogens is 451 g/mol. The summed E-state index contributed by atoms with van der Waals surface area (Å²) in [6.07, 6.45) is 1.84. The van der Waals surface area contributed by atoms with Gasteiger partial charge in [0.05, 0.1) is 17.9 Å². The summed E-state index contributed by atoms with van der Waals surface area (Å²) in [6.45, 7) is 6.24. The van der Waals surface area contributed by atoms with Gasteiger partial charge in [0.15, 0.2) is 11.0 Å². The number of benzene rings is 1. The number of amides is 1. The number of anilines is 1. The summed E-state index contributed by atoms with van der Waals surface area (Å²) < 4.78 is 41.2. The van der Waals surface area contributed by atoms with Gasteiger partial charge in [-0.05, 0) is 51.3 Å². The Labute approximate surface area is 197 Å². The third-order valence-electron chi connectivity index (χ3n) is 6.01. The predicted octanol–water partition coefficient (Wildman–Crippen LogP) is 5.81. The zero-order valence-corrected chi connectivity index (χ0v) is 20.2. The largest absolute Gasteiger partial charge is 0.416 e. The number of thioether (sulfide) groups is 1. The van der Waals surface area contributed by atoms with E-state index in [1.54, 1.807) is 6.07 Å². The lowest BCUT2D eigenvalue weighted by atomic mass is 9.95. The number of nitrogens with one attached hydrogen (secondary N) is 2. The first-order valence-corrected chi connectivity index (χ1v) is 12.4. The van der Waals surface area contributed by atoms with Gasteiger partial charge in [0.25, 0.3) is 0 Å². The van der Waals surface area contributed by atoms with Crippen molar-refractivity contribution in [2.45, 2.75) is 88.8 Å². The number of nitrogens with zero attached hydrogens (tertiary/aromatic N) is 3. The number of hydrogen-bond acceptors (Lipinski definition) is 5. The minimum absolute atomic E-state index is 0.0614. The Bertz CT molecular complexity index is 938. The van der Waals surface area contributed by atoms with E-state index in [1.165, 1.54) is 24.2 Å². The zero-order valence-electron chi connectivity index (χ0n) is 19.3. The Morgan fingerprint density at radius 2 is 1.91 bits per heavy atom. The first-order valence-electron chi connectivity index (χ1n) is 11.4. The molecule has 1 fully saturated rings. The van der Waals surface area contributed by atoms with Crippen LogP contribution in [0.15, 0.2) is 29.4 Å². The van der Waals surface area contributed by atoms with Crippen LogP contribution in [0.25, 0.3) is 0 Å². The molecule has 1 aromatic carbocycles. The van der Waals surface area contributed by atoms with Crippen molar-refractivity contribution in [3.8, 4) is 0 Å². The summed E-state index contributed by atoms with van der Waals surface area (Å²) in [6, 6.07) is 5.36. The number of halogens is 3. The second-order valence-corrected chi connectivity index (χ2v) is 10.0. The minimum Gasteiger partial charge on any atom is -0.378 e. The van der Waals surface area contributed by atoms with Gasteiger partial charge >= 0.3 is 6.18 Å². The zero-order chi connectivity index (χ0) is 24.1. The van der Waals surface area contributed by atoms with Crippen LogP contribution in [0.5, 0.6) is 0 Å². The van der Waals surface area contributed by atoms with E-state index < -0.39 is 11.7 Å². The fourth-order valence-electron chi connectivity index (χ4n) is 3.85. The highest BCUT2D eigenvalue weighted by atomic mass is 32.2. The van der Waals surface area contributed by atoms with Crippen molar-refractivity contribution in [3.63, 3.8) is 0 Å². The molecule has 10 heteroatoms. The summed E-state index contributed by atoms with van der Waals surface area (Å²) in [5.41, 5.74) is -0.591. The Morgan fingerprint density at radius 1 is 1.18 bits per heavy atom. The van der Waals surface area contributed by atoms with Gasteiger partial charge in [0.2, 0.25) is 5.91 Å². The van der Waals surface area contributed by atoms with E-state index in [0.717, 1.165) is 44.2 Å². The maximum atomic E-state index is 13.0. The van der Waals surface area contributed by atoms with E-state index in [4.69, 9.17) is 0 Å². The van der Waals surface area contributed by atoms with Crippen molar-refractivity contribution in [3.05, 3.63) is 35.7 Å². The van der Waals surface area contributed by atoms with Gasteiger partial charge in [0, 0.05) is 17.3 Å². The van der Waals surface area contributed by atoms with Gasteiger partial charge in [-0.15, -0.1) is 10.2 Å². The molecule has 182 valence electrons. The van der Waals surface area contributed by atoms with E-state index in [1.807, 2.05) is 20.8 Å². The van der Waals surface area contributed by atoms with Crippen molar-refractivity contribution in [1.82, 2.24) is 20.1 Å². The summed E-state index contributed by atoms with van der Waals surface area (Å²) in [7, 11) is 0. The Kier molecular flexibility index (Phi) is 8.31. The van der Waals surface area contributed by atoms with Gasteiger partial charge in [-0.1, -0.05) is 44.0 Å². The lowest BCUT2D eigenvalue weighted by Crippen LogP contribution is -2.43. The second kappa shape index (κ2) is 10.8. The summed E-state index contributed by atoms with van der Waals surface area (Å²) in [4.78, 5) is 12.4. The van der Waals surface area contributed by atoms with Gasteiger partial charge in [-0.2, -0.15) is 13.2 Å². The molecule has 1 saturated carbocycles. The topological polar surface area (TPSA) is 71.8 Å². The first kappa shape index (κ1) is 25.4. The minimum atomic E-state index is -4.39. The standard InChI is InChI=1S/C23H32F3N5OS/c1-4-22(2,3)28-20(32)15-33-21-30-29-19(31(21)18-11-6-5-7-12-18)14-27-17-10-8-9-16(13-17)23(24,25)26/h8-10,13,18,27H,4-7,11-12,14-15H2,1-3H3,(H,28,32). The van der Waals surface area contributed by atoms with Crippen LogP contribution in [-0.2, 0) is 17.5 Å². The van der Waals surface area contributed by atoms with E-state index in [9.17, 15) is 18.0 Å². The van der Waals surface area contributed by atoms with E-state index >= 15 is 0 Å². The number of rotatable bonds is 9. The smallest absolute Gasteiger partial charge is 0.378 e. The summed E-state index contributed by atoms with van der Waals surface area (Å²) in [5.74, 6) is 0.833. The molecule has 1 heterocycles. The van der Waals surface area contributed by atoms with Crippen molar-refractivity contribution in [2.75, 3.05) is 11.1 Å². The average molecular weight is 484 g/mol. The second-order valence-electron chi connectivity index (χ2n) is 9.07. The van der Waals surface area contributed by atoms with Crippen LogP contribution in [0.4, 0.5) is 18.9 Å². The quantitative estimate of drug-likeness (QED) is 0.441. The molecule has 2 aromatic rings. The third-order valence-corrected chi connectivity index (χ3v) is 6.95. The molecule has 0 unspecified atom stereocenters. The fourth-order valence-corrected chi connectivity index (χ4v) is 4.68. The van der Waals surface area contributed by atoms with Crippen LogP contribution in [-0.4, -0.2) is 32.0 Å². The summed E-state index contributed by atoms with van der Waals surface area (Å²) in [5, 5.41) is 15.4. The lowest BCUT2D eigenvalue weighted by Gasteiger charge is -2.26. The van der Waals surface area contributed by atoms with E-state index in [2.05, 4.69) is 25.4 Å². The molecule has 1 amide bonds. The third kappa shape index (κ3) is 7.12. The van der Waals surface area contributed by atoms with Crippen LogP contribution in [0.2, 0.25) is 0 Å². The highest BCUT2D eigenvalue weighted by Gasteiger charge is 2.30. The van der Waals surface area contributed by atoms with E-state index in [0.29, 0.717) is 16.7 Å². The molecule has 0 aliphatic heterocycles. The number of carbonyl (C=O) groups excluding carboxylic acids is 1. The first-order chi connectivity index (χ1) is 15.6. The lowest BCUT2D eigenvalue weighted by molar-refractivity contribution is -0.137. The molecular formula is C23H32F3N5OS. The number of carbonyl (C=O) groups is 1. The highest BCUT2D eigenvalue weighted by molar-refractivity contribution is 7.99. The molecule has 0 bridgehead atoms. The monoisotopic (exact) mass is 483 g/mol. The number of hydrogen-bond donors (Lipinski definition) is 2. The van der Waals surface area contributed by atoms with Gasteiger partial charge in [-0.3, -0.25) is 4.79 Å². The maximum Gasteiger partial charge on any atom is 0.416 e. The highest BCUT2D eigenvalue weighted by Crippen LogP contribution is 2.33. The molecule has 1 aliphatic carbocycles. The van der Waals surface area contributed by atoms with Crippen molar-refractivity contribution in [2.24, 2.45) is 0 Å². The molecule has 2 N–H and O–H groups in total. The van der Waals surface area contributed by atoms with Crippen molar-refractivity contribution < 1.29 is 18.0 Å². The molecule has 0 spiro atoms. The van der Waals surface area contributed by atoms with Gasteiger partial charge in [0.1, 0.15) is 0 Å². The van der Waals surface area contributed by atoms with E-state index in [-0.39, 0.29) is 29.8 Å². The Morgan fingerprint density at radius 3 is 2.58 bits per heavy atom. The molecule has 1 aliphatic rings. The van der Waals surface area contributed by atoms with Crippen molar-refractivity contribution >= 4 is 23.4 Å². The molecule has 0 atom stereocenters. The Balaban J connectivity index is 1.74. The van der Waals surface area contributed by atoms with Crippen LogP contribution in [0.1, 0.15) is 76.7 Å². The normalized spacial score (nSPS) is 15.5. The fraction of sp³-hybridized carbons (Fsp3) is 0.609. The SMILES string of the molecule is CCC(C)(C)NC(=O)CSc1nnc(CNc2cccc(C(F)(F)F)c2)n1C1CCCCC1. The molecule has 33 heavy (non-hydrogen) atoms. The molecule has 6 nitrogen and oxygen atoms in total. The van der Waals surface area contributed by atoms with Crippen LogP contribution in [0, 0.1) is 0 Å². The predicted molar refractivity (Wildman–Crippen MR) is 124 cm³/mol. The van der Waals surface area contributed by atoms with Crippen molar-refractivity contribution in [1.29, 1.82) is 0 Å². The Hall–Kier alpha value is -2.23. The molecule has 1 aromatic heterocycles. The van der Waals surface area contributed by atoms with Crippen LogP contribution < -0.4 is 10.6 Å². The maximum absolute atomic E-state index is 13.0.